The van der Waals surface area contributed by atoms with E-state index in [4.69, 9.17) is 19.2 Å². The summed E-state index contributed by atoms with van der Waals surface area (Å²) in [6, 6.07) is 12.0. The molecule has 2 aromatic heterocycles. The number of imidazole rings is 2. The van der Waals surface area contributed by atoms with Gasteiger partial charge in [0.2, 0.25) is 11.8 Å². The van der Waals surface area contributed by atoms with Crippen molar-refractivity contribution in [3.8, 4) is 23.1 Å². The smallest absolute Gasteiger partial charge is 0.407 e. The van der Waals surface area contributed by atoms with Gasteiger partial charge in [-0.3, -0.25) is 9.59 Å². The molecule has 320 valence electrons. The molecule has 15 nitrogen and oxygen atoms in total. The molecule has 4 amide bonds. The van der Waals surface area contributed by atoms with E-state index in [9.17, 15) is 19.2 Å². The van der Waals surface area contributed by atoms with Crippen LogP contribution in [0.5, 0.6) is 0 Å². The Bertz CT molecular complexity index is 2190. The van der Waals surface area contributed by atoms with E-state index in [-0.39, 0.29) is 41.7 Å². The lowest BCUT2D eigenvalue weighted by Crippen LogP contribution is -2.54. The van der Waals surface area contributed by atoms with Crippen molar-refractivity contribution in [2.24, 2.45) is 17.3 Å². The van der Waals surface area contributed by atoms with Gasteiger partial charge in [0.1, 0.15) is 23.7 Å². The first-order valence-electron chi connectivity index (χ1n) is 20.9. The summed E-state index contributed by atoms with van der Waals surface area (Å²) in [7, 11) is 2.57. The molecule has 4 atom stereocenters. The first-order chi connectivity index (χ1) is 28.8. The predicted molar refractivity (Wildman–Crippen MR) is 226 cm³/mol. The van der Waals surface area contributed by atoms with E-state index in [1.54, 1.807) is 16.0 Å². The van der Waals surface area contributed by atoms with Crippen LogP contribution in [0.25, 0.3) is 22.3 Å². The second-order valence-corrected chi connectivity index (χ2v) is 16.5. The number of hydrogen-bond donors (Lipinski definition) is 4. The third-order valence-corrected chi connectivity index (χ3v) is 11.6. The molecule has 60 heavy (non-hydrogen) atoms. The summed E-state index contributed by atoms with van der Waals surface area (Å²) < 4.78 is 15.5. The van der Waals surface area contributed by atoms with Crippen LogP contribution >= 0.6 is 0 Å². The summed E-state index contributed by atoms with van der Waals surface area (Å²) in [5, 5.41) is 5.43. The number of H-pyrrole nitrogens is 2. The number of methoxy groups -OCH3 is 2. The second kappa shape index (κ2) is 19.5. The minimum atomic E-state index is -0.768. The fourth-order valence-electron chi connectivity index (χ4n) is 8.06. The van der Waals surface area contributed by atoms with Gasteiger partial charge < -0.3 is 44.6 Å². The molecule has 2 aliphatic rings. The fraction of sp³-hybridized carbons (Fsp3) is 0.511. The van der Waals surface area contributed by atoms with E-state index in [1.807, 2.05) is 70.2 Å². The molecule has 2 saturated heterocycles. The maximum Gasteiger partial charge on any atom is 0.407 e. The van der Waals surface area contributed by atoms with Crippen molar-refractivity contribution in [1.82, 2.24) is 40.4 Å². The van der Waals surface area contributed by atoms with Crippen LogP contribution in [0, 0.1) is 29.1 Å². The maximum absolute atomic E-state index is 14.2. The molecule has 15 heteroatoms. The fourth-order valence-corrected chi connectivity index (χ4v) is 8.06. The van der Waals surface area contributed by atoms with Gasteiger partial charge in [-0.2, -0.15) is 0 Å². The van der Waals surface area contributed by atoms with Crippen molar-refractivity contribution in [2.75, 3.05) is 40.5 Å². The molecule has 2 aromatic carbocycles. The van der Waals surface area contributed by atoms with Crippen molar-refractivity contribution in [2.45, 2.75) is 91.4 Å². The lowest BCUT2D eigenvalue weighted by molar-refractivity contribution is -0.139. The zero-order chi connectivity index (χ0) is 43.0. The van der Waals surface area contributed by atoms with Crippen molar-refractivity contribution in [3.63, 3.8) is 0 Å². The quantitative estimate of drug-likeness (QED) is 0.112. The SMILES string of the molecule is CC[C@]1(CN(Cc2nc3ccc(C#Cc4ccc(-c5cnc([C@@H]6CCCN6C(=O)[C@@H](NC(=O)OC)C(C)C)[nH]5)cc4)cc3[nH]2)C(=O)[C@@H](NC(=O)OC)C(C)C)CCCOC1. The number of benzene rings is 2. The number of fused-ring (bicyclic) bond motifs is 1. The van der Waals surface area contributed by atoms with Gasteiger partial charge in [-0.15, -0.1) is 0 Å². The molecule has 0 bridgehead atoms. The molecule has 0 aliphatic carbocycles. The number of ether oxygens (including phenoxy) is 3. The topological polar surface area (TPSA) is 184 Å². The minimum Gasteiger partial charge on any atom is -0.453 e. The van der Waals surface area contributed by atoms with Crippen LogP contribution in [0.1, 0.15) is 95.5 Å². The Labute approximate surface area is 351 Å². The Morgan fingerprint density at radius 1 is 0.950 bits per heavy atom. The zero-order valence-electron chi connectivity index (χ0n) is 35.7. The van der Waals surface area contributed by atoms with Gasteiger partial charge in [0.15, 0.2) is 0 Å². The van der Waals surface area contributed by atoms with Crippen LogP contribution in [0.4, 0.5) is 9.59 Å². The molecule has 4 heterocycles. The molecular weight excluding hydrogens is 765 g/mol. The number of rotatable bonds is 13. The van der Waals surface area contributed by atoms with E-state index < -0.39 is 24.3 Å². The number of nitrogens with zero attached hydrogens (tertiary/aromatic N) is 4. The molecule has 0 saturated carbocycles. The molecule has 0 unspecified atom stereocenters. The molecule has 2 aliphatic heterocycles. The van der Waals surface area contributed by atoms with Gasteiger partial charge >= 0.3 is 12.2 Å². The van der Waals surface area contributed by atoms with Crippen LogP contribution in [0.3, 0.4) is 0 Å². The van der Waals surface area contributed by atoms with Crippen molar-refractivity contribution in [3.05, 3.63) is 71.4 Å². The summed E-state index contributed by atoms with van der Waals surface area (Å²) in [6.07, 6.45) is 4.83. The minimum absolute atomic E-state index is 0.114. The Balaban J connectivity index is 1.15. The normalized spacial score (nSPS) is 18.8. The Hall–Kier alpha value is -5.88. The lowest BCUT2D eigenvalue weighted by atomic mass is 9.79. The zero-order valence-corrected chi connectivity index (χ0v) is 35.7. The summed E-state index contributed by atoms with van der Waals surface area (Å²) >= 11 is 0. The Kier molecular flexibility index (Phi) is 14.2. The molecule has 6 rings (SSSR count). The van der Waals surface area contributed by atoms with Crippen LogP contribution in [-0.4, -0.2) is 106 Å². The number of aromatic amines is 2. The van der Waals surface area contributed by atoms with Crippen molar-refractivity contribution < 1.29 is 33.4 Å². The number of nitrogens with one attached hydrogen (secondary N) is 4. The van der Waals surface area contributed by atoms with E-state index in [1.165, 1.54) is 14.2 Å². The third kappa shape index (κ3) is 10.3. The molecule has 4 N–H and O–H groups in total. The third-order valence-electron chi connectivity index (χ3n) is 11.6. The van der Waals surface area contributed by atoms with Crippen LogP contribution in [0.2, 0.25) is 0 Å². The first-order valence-corrected chi connectivity index (χ1v) is 20.9. The number of likely N-dealkylation sites (tertiary alicyclic amines) is 1. The standard InChI is InChI=1S/C45H58N8O7/c1-8-45(20-10-22-60-27-45)26-52(41(54)38(28(2)3)50-43(56)58-6)25-37-47-33-19-16-31(23-34(33)48-37)13-12-30-14-17-32(18-15-30)35-24-46-40(49-35)36-11-9-21-53(36)42(55)39(29(4)5)51-44(57)59-7/h14-19,23-24,28-29,36,38-39H,8-11,20-22,25-27H2,1-7H3,(H,46,49)(H,47,48)(H,50,56)(H,51,57)/t36-,38-,39-,45+/m0/s1. The predicted octanol–water partition coefficient (Wildman–Crippen LogP) is 6.31. The monoisotopic (exact) mass is 822 g/mol. The van der Waals surface area contributed by atoms with Gasteiger partial charge in [0.05, 0.1) is 56.3 Å². The van der Waals surface area contributed by atoms with Crippen LogP contribution in [0.15, 0.2) is 48.7 Å². The number of alkyl carbamates (subject to hydrolysis) is 2. The second-order valence-electron chi connectivity index (χ2n) is 16.5. The highest BCUT2D eigenvalue weighted by atomic mass is 16.5. The summed E-state index contributed by atoms with van der Waals surface area (Å²) in [4.78, 5) is 71.8. The van der Waals surface area contributed by atoms with Crippen molar-refractivity contribution in [1.29, 1.82) is 0 Å². The molecule has 0 radical (unpaired) electrons. The van der Waals surface area contributed by atoms with Gasteiger partial charge in [-0.25, -0.2) is 19.6 Å². The molecule has 4 aromatic rings. The van der Waals surface area contributed by atoms with E-state index in [0.717, 1.165) is 65.5 Å². The number of hydrogen-bond acceptors (Lipinski definition) is 9. The van der Waals surface area contributed by atoms with Crippen molar-refractivity contribution >= 4 is 35.0 Å². The van der Waals surface area contributed by atoms with E-state index in [2.05, 4.69) is 44.4 Å². The highest BCUT2D eigenvalue weighted by Crippen LogP contribution is 2.35. The summed E-state index contributed by atoms with van der Waals surface area (Å²) in [5.41, 5.74) is 4.76. The number of carbonyl (C=O) groups is 4. The lowest BCUT2D eigenvalue weighted by Gasteiger charge is -2.41. The van der Waals surface area contributed by atoms with Gasteiger partial charge in [0.25, 0.3) is 0 Å². The summed E-state index contributed by atoms with van der Waals surface area (Å²) in [5.74, 6) is 7.24. The average Bonchev–Trinajstić information content (AvgIpc) is 4.03. The van der Waals surface area contributed by atoms with E-state index >= 15 is 0 Å². The number of aromatic nitrogens is 4. The molecule has 0 spiro atoms. The maximum atomic E-state index is 14.2. The van der Waals surface area contributed by atoms with Crippen LogP contribution in [-0.2, 0) is 30.3 Å². The van der Waals surface area contributed by atoms with Gasteiger partial charge in [-0.05, 0) is 79.8 Å². The molecule has 2 fully saturated rings. The number of amides is 4. The largest absolute Gasteiger partial charge is 0.453 e. The van der Waals surface area contributed by atoms with Crippen LogP contribution < -0.4 is 10.6 Å². The Morgan fingerprint density at radius 3 is 2.28 bits per heavy atom. The first kappa shape index (κ1) is 43.7. The highest BCUT2D eigenvalue weighted by Gasteiger charge is 2.39. The van der Waals surface area contributed by atoms with Gasteiger partial charge in [0, 0.05) is 36.2 Å². The van der Waals surface area contributed by atoms with Gasteiger partial charge in [-0.1, -0.05) is 58.6 Å². The highest BCUT2D eigenvalue weighted by molar-refractivity contribution is 5.87. The summed E-state index contributed by atoms with van der Waals surface area (Å²) in [6.45, 7) is 12.3. The molecular formula is C45H58N8O7. The average molecular weight is 823 g/mol. The number of carbonyl (C=O) groups excluding carboxylic acids is 4. The Morgan fingerprint density at radius 2 is 1.63 bits per heavy atom. The van der Waals surface area contributed by atoms with E-state index in [0.29, 0.717) is 38.0 Å².